The van der Waals surface area contributed by atoms with Crippen molar-refractivity contribution in [3.63, 3.8) is 0 Å². The second kappa shape index (κ2) is 5.56. The van der Waals surface area contributed by atoms with Crippen LogP contribution >= 0.6 is 0 Å². The molecule has 0 atom stereocenters. The van der Waals surface area contributed by atoms with Crippen molar-refractivity contribution in [3.05, 3.63) is 53.6 Å². The number of halogens is 2. The van der Waals surface area contributed by atoms with Crippen molar-refractivity contribution in [3.8, 4) is 11.5 Å². The average molecular weight is 278 g/mol. The minimum absolute atomic E-state index is 0.0148. The van der Waals surface area contributed by atoms with E-state index in [2.05, 4.69) is 0 Å². The van der Waals surface area contributed by atoms with E-state index in [1.165, 1.54) is 36.4 Å². The number of amides is 1. The average Bonchev–Trinajstić information content (AvgIpc) is 2.41. The van der Waals surface area contributed by atoms with E-state index in [4.69, 9.17) is 16.2 Å². The topological polar surface area (TPSA) is 78.3 Å². The van der Waals surface area contributed by atoms with Gasteiger partial charge in [0, 0.05) is 11.3 Å². The fourth-order valence-electron chi connectivity index (χ4n) is 1.64. The molecule has 2 aromatic rings. The quantitative estimate of drug-likeness (QED) is 0.843. The van der Waals surface area contributed by atoms with Crippen LogP contribution in [0.3, 0.4) is 0 Å². The number of ether oxygens (including phenoxy) is 1. The number of alkyl halides is 2. The first kappa shape index (κ1) is 13.8. The lowest BCUT2D eigenvalue weighted by atomic mass is 10.1. The van der Waals surface area contributed by atoms with E-state index < -0.39 is 12.3 Å². The van der Waals surface area contributed by atoms with E-state index in [0.717, 1.165) is 6.07 Å². The summed E-state index contributed by atoms with van der Waals surface area (Å²) in [4.78, 5) is 10.9. The van der Waals surface area contributed by atoms with Crippen molar-refractivity contribution in [1.29, 1.82) is 0 Å². The predicted octanol–water partition coefficient (Wildman–Crippen LogP) is 3.10. The zero-order chi connectivity index (χ0) is 14.7. The Balaban J connectivity index is 2.27. The van der Waals surface area contributed by atoms with Crippen molar-refractivity contribution in [2.45, 2.75) is 6.43 Å². The fraction of sp³-hybridized carbons (Fsp3) is 0.0714. The summed E-state index contributed by atoms with van der Waals surface area (Å²) in [5.41, 5.74) is 10.8. The summed E-state index contributed by atoms with van der Waals surface area (Å²) in [6.07, 6.45) is -2.70. The Morgan fingerprint density at radius 1 is 1.10 bits per heavy atom. The van der Waals surface area contributed by atoms with Crippen LogP contribution in [0.5, 0.6) is 11.5 Å². The highest BCUT2D eigenvalue weighted by atomic mass is 19.3. The molecule has 20 heavy (non-hydrogen) atoms. The van der Waals surface area contributed by atoms with E-state index in [0.29, 0.717) is 11.3 Å². The molecule has 0 aliphatic heterocycles. The van der Waals surface area contributed by atoms with Gasteiger partial charge in [0.15, 0.2) is 0 Å². The molecule has 0 radical (unpaired) electrons. The molecule has 0 fully saturated rings. The second-order valence-corrected chi connectivity index (χ2v) is 4.09. The second-order valence-electron chi connectivity index (χ2n) is 4.09. The van der Waals surface area contributed by atoms with Crippen molar-refractivity contribution in [2.75, 3.05) is 5.73 Å². The molecular weight excluding hydrogens is 266 g/mol. The maximum Gasteiger partial charge on any atom is 0.267 e. The Kier molecular flexibility index (Phi) is 3.84. The molecule has 0 heterocycles. The number of anilines is 1. The van der Waals surface area contributed by atoms with Gasteiger partial charge in [-0.3, -0.25) is 4.79 Å². The highest BCUT2D eigenvalue weighted by Gasteiger charge is 2.15. The number of carbonyl (C=O) groups is 1. The summed E-state index contributed by atoms with van der Waals surface area (Å²) in [6.45, 7) is 0. The molecule has 4 N–H and O–H groups in total. The Morgan fingerprint density at radius 2 is 1.75 bits per heavy atom. The number of primary amides is 1. The molecule has 0 bridgehead atoms. The van der Waals surface area contributed by atoms with Crippen LogP contribution in [0.25, 0.3) is 0 Å². The first-order valence-corrected chi connectivity index (χ1v) is 5.72. The Hall–Kier alpha value is -2.63. The number of hydrogen-bond donors (Lipinski definition) is 2. The smallest absolute Gasteiger partial charge is 0.267 e. The summed E-state index contributed by atoms with van der Waals surface area (Å²) in [5, 5.41) is 0. The molecule has 0 saturated carbocycles. The number of carbonyl (C=O) groups excluding carboxylic acids is 1. The van der Waals surface area contributed by atoms with E-state index in [1.807, 2.05) is 0 Å². The minimum atomic E-state index is -2.70. The van der Waals surface area contributed by atoms with Crippen molar-refractivity contribution < 1.29 is 18.3 Å². The highest BCUT2D eigenvalue weighted by molar-refractivity contribution is 5.92. The van der Waals surface area contributed by atoms with Gasteiger partial charge in [-0.25, -0.2) is 8.78 Å². The van der Waals surface area contributed by atoms with E-state index in [1.54, 1.807) is 0 Å². The fourth-order valence-corrected chi connectivity index (χ4v) is 1.64. The molecule has 104 valence electrons. The first-order valence-electron chi connectivity index (χ1n) is 5.72. The molecule has 2 aromatic carbocycles. The predicted molar refractivity (Wildman–Crippen MR) is 70.8 cm³/mol. The van der Waals surface area contributed by atoms with Crippen molar-refractivity contribution in [1.82, 2.24) is 0 Å². The summed E-state index contributed by atoms with van der Waals surface area (Å²) in [5.74, 6) is -0.236. The molecule has 0 aliphatic carbocycles. The number of nitrogen functional groups attached to an aromatic ring is 1. The van der Waals surface area contributed by atoms with E-state index in [9.17, 15) is 13.6 Å². The lowest BCUT2D eigenvalue weighted by Gasteiger charge is -2.11. The lowest BCUT2D eigenvalue weighted by Crippen LogP contribution is -2.10. The van der Waals surface area contributed by atoms with Gasteiger partial charge in [-0.1, -0.05) is 0 Å². The van der Waals surface area contributed by atoms with Gasteiger partial charge in [0.05, 0.1) is 5.56 Å². The van der Waals surface area contributed by atoms with Gasteiger partial charge in [-0.2, -0.15) is 0 Å². The van der Waals surface area contributed by atoms with Crippen LogP contribution in [-0.2, 0) is 0 Å². The molecule has 0 aliphatic rings. The van der Waals surface area contributed by atoms with Crippen LogP contribution in [0.15, 0.2) is 42.5 Å². The highest BCUT2D eigenvalue weighted by Crippen LogP contribution is 2.33. The Labute approximate surface area is 114 Å². The molecule has 0 saturated heterocycles. The van der Waals surface area contributed by atoms with Gasteiger partial charge in [0.25, 0.3) is 6.43 Å². The van der Waals surface area contributed by atoms with Crippen LogP contribution in [0, 0.1) is 0 Å². The zero-order valence-corrected chi connectivity index (χ0v) is 10.3. The molecule has 6 heteroatoms. The maximum absolute atomic E-state index is 12.9. The molecular formula is C14H12F2N2O2. The molecule has 0 unspecified atom stereocenters. The maximum atomic E-state index is 12.9. The van der Waals surface area contributed by atoms with Crippen LogP contribution in [0.2, 0.25) is 0 Å². The number of nitrogens with two attached hydrogens (primary N) is 2. The van der Waals surface area contributed by atoms with Gasteiger partial charge >= 0.3 is 0 Å². The lowest BCUT2D eigenvalue weighted by molar-refractivity contribution is 0.1000. The summed E-state index contributed by atoms with van der Waals surface area (Å²) >= 11 is 0. The minimum Gasteiger partial charge on any atom is -0.457 e. The van der Waals surface area contributed by atoms with Crippen LogP contribution in [-0.4, -0.2) is 5.91 Å². The third-order valence-electron chi connectivity index (χ3n) is 2.64. The zero-order valence-electron chi connectivity index (χ0n) is 10.3. The SMILES string of the molecule is NC(=O)c1ccc(Oc2ccc(N)cc2C(F)F)cc1. The van der Waals surface area contributed by atoms with Gasteiger partial charge < -0.3 is 16.2 Å². The van der Waals surface area contributed by atoms with Crippen LogP contribution < -0.4 is 16.2 Å². The largest absolute Gasteiger partial charge is 0.457 e. The Bertz CT molecular complexity index is 628. The number of hydrogen-bond acceptors (Lipinski definition) is 3. The Morgan fingerprint density at radius 3 is 2.30 bits per heavy atom. The molecule has 4 nitrogen and oxygen atoms in total. The van der Waals surface area contributed by atoms with Crippen molar-refractivity contribution >= 4 is 11.6 Å². The molecule has 0 spiro atoms. The number of rotatable bonds is 4. The van der Waals surface area contributed by atoms with E-state index in [-0.39, 0.29) is 17.0 Å². The van der Waals surface area contributed by atoms with Gasteiger partial charge in [0.1, 0.15) is 11.5 Å². The monoisotopic (exact) mass is 278 g/mol. The summed E-state index contributed by atoms with van der Waals surface area (Å²) in [6, 6.07) is 9.88. The molecule has 1 amide bonds. The number of benzene rings is 2. The van der Waals surface area contributed by atoms with Gasteiger partial charge in [-0.05, 0) is 42.5 Å². The normalized spacial score (nSPS) is 10.6. The van der Waals surface area contributed by atoms with Crippen LogP contribution in [0.4, 0.5) is 14.5 Å². The molecule has 2 rings (SSSR count). The van der Waals surface area contributed by atoms with Gasteiger partial charge in [-0.15, -0.1) is 0 Å². The van der Waals surface area contributed by atoms with E-state index >= 15 is 0 Å². The van der Waals surface area contributed by atoms with Crippen LogP contribution in [0.1, 0.15) is 22.3 Å². The summed E-state index contributed by atoms with van der Waals surface area (Å²) in [7, 11) is 0. The standard InChI is InChI=1S/C14H12F2N2O2/c15-13(16)11-7-9(17)3-6-12(11)20-10-4-1-8(2-5-10)14(18)19/h1-7,13H,17H2,(H2,18,19). The first-order chi connectivity index (χ1) is 9.47. The van der Waals surface area contributed by atoms with Gasteiger partial charge in [0.2, 0.25) is 5.91 Å². The molecule has 0 aromatic heterocycles. The third-order valence-corrected chi connectivity index (χ3v) is 2.64. The van der Waals surface area contributed by atoms with Crippen molar-refractivity contribution in [2.24, 2.45) is 5.73 Å². The third kappa shape index (κ3) is 3.03. The summed E-state index contributed by atoms with van der Waals surface area (Å²) < 4.78 is 31.1.